The van der Waals surface area contributed by atoms with Crippen LogP contribution in [0.15, 0.2) is 11.8 Å². The number of carbonyl (C=O) groups excluding carboxylic acids is 2. The van der Waals surface area contributed by atoms with E-state index in [0.29, 0.717) is 31.2 Å². The molecule has 4 nitrogen and oxygen atoms in total. The monoisotopic (exact) mass is 332 g/mol. The minimum Gasteiger partial charge on any atom is -0.353 e. The number of nitrogens with zero attached hydrogens (tertiary/aromatic N) is 1. The molecule has 1 unspecified atom stereocenters. The summed E-state index contributed by atoms with van der Waals surface area (Å²) >= 11 is 0. The van der Waals surface area contributed by atoms with Gasteiger partial charge in [-0.05, 0) is 57.3 Å². The zero-order chi connectivity index (χ0) is 16.8. The van der Waals surface area contributed by atoms with Crippen LogP contribution in [0, 0.1) is 5.92 Å². The Morgan fingerprint density at radius 3 is 2.62 bits per heavy atom. The van der Waals surface area contributed by atoms with Crippen molar-refractivity contribution in [2.45, 2.75) is 89.5 Å². The van der Waals surface area contributed by atoms with E-state index < -0.39 is 0 Å². The maximum atomic E-state index is 12.6. The Bertz CT molecular complexity index is 480. The summed E-state index contributed by atoms with van der Waals surface area (Å²) in [5, 5.41) is 3.14. The summed E-state index contributed by atoms with van der Waals surface area (Å²) in [6, 6.07) is 0.372. The van der Waals surface area contributed by atoms with E-state index in [1.165, 1.54) is 44.2 Å². The average Bonchev–Trinajstić information content (AvgIpc) is 2.62. The van der Waals surface area contributed by atoms with Gasteiger partial charge in [0.15, 0.2) is 0 Å². The zero-order valence-corrected chi connectivity index (χ0v) is 14.9. The molecule has 0 spiro atoms. The van der Waals surface area contributed by atoms with E-state index in [0.717, 1.165) is 32.2 Å². The fraction of sp³-hybridized carbons (Fsp3) is 0.800. The molecule has 0 aromatic heterocycles. The van der Waals surface area contributed by atoms with Gasteiger partial charge in [-0.2, -0.15) is 0 Å². The number of nitrogens with one attached hydrogen (secondary N) is 1. The third kappa shape index (κ3) is 4.61. The van der Waals surface area contributed by atoms with Gasteiger partial charge in [-0.15, -0.1) is 0 Å². The summed E-state index contributed by atoms with van der Waals surface area (Å²) in [6.07, 6.45) is 15.9. The molecule has 0 radical (unpaired) electrons. The molecular weight excluding hydrogens is 300 g/mol. The predicted octanol–water partition coefficient (Wildman–Crippen LogP) is 3.91. The van der Waals surface area contributed by atoms with Crippen LogP contribution >= 0.6 is 0 Å². The highest BCUT2D eigenvalue weighted by atomic mass is 16.2. The summed E-state index contributed by atoms with van der Waals surface area (Å²) in [4.78, 5) is 26.6. The van der Waals surface area contributed by atoms with Crippen LogP contribution in [-0.2, 0) is 9.59 Å². The Balaban J connectivity index is 1.40. The van der Waals surface area contributed by atoms with Crippen molar-refractivity contribution in [1.29, 1.82) is 0 Å². The summed E-state index contributed by atoms with van der Waals surface area (Å²) < 4.78 is 0. The molecule has 1 saturated heterocycles. The molecule has 0 aromatic rings. The Morgan fingerprint density at radius 2 is 1.79 bits per heavy atom. The maximum Gasteiger partial charge on any atom is 0.226 e. The fourth-order valence-electron chi connectivity index (χ4n) is 4.53. The molecule has 2 amide bonds. The molecule has 24 heavy (non-hydrogen) atoms. The molecule has 134 valence electrons. The molecule has 1 N–H and O–H groups in total. The molecule has 1 aliphatic heterocycles. The van der Waals surface area contributed by atoms with Crippen molar-refractivity contribution in [3.63, 3.8) is 0 Å². The molecule has 1 heterocycles. The van der Waals surface area contributed by atoms with E-state index in [1.54, 1.807) is 0 Å². The largest absolute Gasteiger partial charge is 0.353 e. The third-order valence-electron chi connectivity index (χ3n) is 5.84. The van der Waals surface area contributed by atoms with Crippen molar-refractivity contribution in [3.8, 4) is 0 Å². The smallest absolute Gasteiger partial charge is 0.226 e. The lowest BCUT2D eigenvalue weighted by atomic mass is 9.85. The summed E-state index contributed by atoms with van der Waals surface area (Å²) in [5.74, 6) is 0.951. The van der Waals surface area contributed by atoms with Crippen LogP contribution in [0.25, 0.3) is 0 Å². The number of allylic oxidation sites excluding steroid dienone is 2. The average molecular weight is 332 g/mol. The molecule has 3 rings (SSSR count). The molecule has 2 fully saturated rings. The van der Waals surface area contributed by atoms with Crippen molar-refractivity contribution in [1.82, 2.24) is 10.2 Å². The first kappa shape index (κ1) is 17.5. The first-order valence-electron chi connectivity index (χ1n) is 10.0. The number of fused-ring (bicyclic) bond motifs is 1. The minimum absolute atomic E-state index is 0.128. The van der Waals surface area contributed by atoms with E-state index in [9.17, 15) is 9.59 Å². The highest BCUT2D eigenvalue weighted by molar-refractivity contribution is 5.80. The topological polar surface area (TPSA) is 49.4 Å². The van der Waals surface area contributed by atoms with Crippen LogP contribution in [0.1, 0.15) is 83.5 Å². The summed E-state index contributed by atoms with van der Waals surface area (Å²) in [6.45, 7) is 0.870. The number of likely N-dealkylation sites (tertiary alicyclic amines) is 1. The second-order valence-corrected chi connectivity index (χ2v) is 7.70. The van der Waals surface area contributed by atoms with Crippen LogP contribution < -0.4 is 5.32 Å². The number of hydrogen-bond acceptors (Lipinski definition) is 2. The van der Waals surface area contributed by atoms with Gasteiger partial charge in [-0.3, -0.25) is 9.59 Å². The summed E-state index contributed by atoms with van der Waals surface area (Å²) in [5.41, 5.74) is 1.28. The lowest BCUT2D eigenvalue weighted by molar-refractivity contribution is -0.130. The maximum absolute atomic E-state index is 12.6. The van der Waals surface area contributed by atoms with Gasteiger partial charge in [0.25, 0.3) is 0 Å². The Kier molecular flexibility index (Phi) is 6.33. The van der Waals surface area contributed by atoms with Gasteiger partial charge in [0, 0.05) is 31.1 Å². The molecule has 4 heteroatoms. The molecule has 1 saturated carbocycles. The number of amides is 2. The molecule has 1 atom stereocenters. The van der Waals surface area contributed by atoms with Crippen LogP contribution in [0.2, 0.25) is 0 Å². The lowest BCUT2D eigenvalue weighted by Crippen LogP contribution is -2.39. The quantitative estimate of drug-likeness (QED) is 0.830. The summed E-state index contributed by atoms with van der Waals surface area (Å²) in [7, 11) is 0. The number of hydrogen-bond donors (Lipinski definition) is 1. The van der Waals surface area contributed by atoms with Gasteiger partial charge in [-0.25, -0.2) is 0 Å². The van der Waals surface area contributed by atoms with Crippen LogP contribution in [0.4, 0.5) is 0 Å². The molecule has 0 aromatic carbocycles. The molecule has 3 aliphatic rings. The van der Waals surface area contributed by atoms with Gasteiger partial charge < -0.3 is 10.2 Å². The number of rotatable bonds is 5. The number of carbonyl (C=O) groups is 2. The highest BCUT2D eigenvalue weighted by Gasteiger charge is 2.29. The SMILES string of the molecule is O=C(CCCC(=O)N1CCCC2CCCC=C21)NC1CCCCC1. The van der Waals surface area contributed by atoms with Crippen molar-refractivity contribution in [2.24, 2.45) is 5.92 Å². The van der Waals surface area contributed by atoms with Crippen LogP contribution in [0.5, 0.6) is 0 Å². The van der Waals surface area contributed by atoms with Gasteiger partial charge in [0.1, 0.15) is 0 Å². The Labute approximate surface area is 146 Å². The highest BCUT2D eigenvalue weighted by Crippen LogP contribution is 2.35. The van der Waals surface area contributed by atoms with E-state index >= 15 is 0 Å². The second kappa shape index (κ2) is 8.68. The van der Waals surface area contributed by atoms with E-state index in [1.807, 2.05) is 4.90 Å². The van der Waals surface area contributed by atoms with Crippen molar-refractivity contribution in [3.05, 3.63) is 11.8 Å². The van der Waals surface area contributed by atoms with Gasteiger partial charge in [-0.1, -0.05) is 25.3 Å². The Hall–Kier alpha value is -1.32. The van der Waals surface area contributed by atoms with E-state index in [4.69, 9.17) is 0 Å². The standard InChI is InChI=1S/C20H32N2O2/c23-19(21-17-10-2-1-3-11-17)13-6-14-20(24)22-15-7-9-16-8-4-5-12-18(16)22/h12,16-17H,1-11,13-15H2,(H,21,23). The van der Waals surface area contributed by atoms with E-state index in [2.05, 4.69) is 11.4 Å². The van der Waals surface area contributed by atoms with Crippen molar-refractivity contribution < 1.29 is 9.59 Å². The van der Waals surface area contributed by atoms with Crippen LogP contribution in [-0.4, -0.2) is 29.3 Å². The van der Waals surface area contributed by atoms with Gasteiger partial charge >= 0.3 is 0 Å². The van der Waals surface area contributed by atoms with Crippen LogP contribution in [0.3, 0.4) is 0 Å². The normalized spacial score (nSPS) is 24.9. The Morgan fingerprint density at radius 1 is 1.00 bits per heavy atom. The first-order valence-corrected chi connectivity index (χ1v) is 10.0. The number of piperidine rings is 1. The molecular formula is C20H32N2O2. The van der Waals surface area contributed by atoms with Gasteiger partial charge in [0.05, 0.1) is 0 Å². The molecule has 0 bridgehead atoms. The second-order valence-electron chi connectivity index (χ2n) is 7.70. The third-order valence-corrected chi connectivity index (χ3v) is 5.84. The van der Waals surface area contributed by atoms with Crippen molar-refractivity contribution >= 4 is 11.8 Å². The van der Waals surface area contributed by atoms with Crippen molar-refractivity contribution in [2.75, 3.05) is 6.54 Å². The van der Waals surface area contributed by atoms with Gasteiger partial charge in [0.2, 0.25) is 11.8 Å². The minimum atomic E-state index is 0.128. The molecule has 2 aliphatic carbocycles. The lowest BCUT2D eigenvalue weighted by Gasteiger charge is -2.38. The van der Waals surface area contributed by atoms with E-state index in [-0.39, 0.29) is 11.8 Å². The fourth-order valence-corrected chi connectivity index (χ4v) is 4.53. The predicted molar refractivity (Wildman–Crippen MR) is 95.2 cm³/mol. The first-order chi connectivity index (χ1) is 11.7. The zero-order valence-electron chi connectivity index (χ0n) is 14.9.